The average Bonchev–Trinajstić information content (AvgIpc) is 2.93. The highest BCUT2D eigenvalue weighted by Gasteiger charge is 2.20. The van der Waals surface area contributed by atoms with Crippen molar-refractivity contribution in [1.29, 1.82) is 0 Å². The summed E-state index contributed by atoms with van der Waals surface area (Å²) in [5.74, 6) is 1.39. The number of anilines is 3. The molecule has 0 radical (unpaired) electrons. The molecule has 0 saturated heterocycles. The van der Waals surface area contributed by atoms with Gasteiger partial charge in [-0.1, -0.05) is 18.2 Å². The number of nitrogen functional groups attached to an aromatic ring is 1. The van der Waals surface area contributed by atoms with E-state index in [9.17, 15) is 0 Å². The topological polar surface area (TPSA) is 59.3 Å². The Morgan fingerprint density at radius 2 is 2.14 bits per heavy atom. The van der Waals surface area contributed by atoms with Crippen molar-refractivity contribution < 1.29 is 4.74 Å². The van der Waals surface area contributed by atoms with Crippen LogP contribution in [0.15, 0.2) is 42.5 Å². The molecule has 1 atom stereocenters. The number of rotatable bonds is 6. The van der Waals surface area contributed by atoms with Crippen molar-refractivity contribution in [2.45, 2.75) is 19.3 Å². The highest BCUT2D eigenvalue weighted by molar-refractivity contribution is 5.62. The summed E-state index contributed by atoms with van der Waals surface area (Å²) >= 11 is 0. The fourth-order valence-corrected chi connectivity index (χ4v) is 2.96. The summed E-state index contributed by atoms with van der Waals surface area (Å²) in [5, 5.41) is 6.94. The van der Waals surface area contributed by atoms with Gasteiger partial charge >= 0.3 is 0 Å². The second-order valence-corrected chi connectivity index (χ2v) is 5.57. The van der Waals surface area contributed by atoms with Gasteiger partial charge in [0.05, 0.1) is 12.3 Å². The molecule has 22 heavy (non-hydrogen) atoms. The summed E-state index contributed by atoms with van der Waals surface area (Å²) in [6, 6.07) is 14.3. The first-order chi connectivity index (χ1) is 10.8. The number of fused-ring (bicyclic) bond motifs is 1. The van der Waals surface area contributed by atoms with Gasteiger partial charge in [-0.25, -0.2) is 0 Å². The predicted molar refractivity (Wildman–Crippen MR) is 92.8 cm³/mol. The van der Waals surface area contributed by atoms with Gasteiger partial charge < -0.3 is 21.1 Å². The summed E-state index contributed by atoms with van der Waals surface area (Å²) in [6.45, 7) is 4.54. The first kappa shape index (κ1) is 14.6. The lowest BCUT2D eigenvalue weighted by atomic mass is 9.98. The van der Waals surface area contributed by atoms with Crippen LogP contribution in [0.1, 0.15) is 24.8 Å². The maximum Gasteiger partial charge on any atom is 0.144 e. The van der Waals surface area contributed by atoms with E-state index in [4.69, 9.17) is 10.5 Å². The standard InChI is InChI=1S/C18H23N3O/c1-2-22-18-11-14(19)7-8-17(18)20-10-9-13-12-21-16-6-4-3-5-15(13)16/h3-8,11,13,20-21H,2,9-10,12,19H2,1H3. The van der Waals surface area contributed by atoms with Crippen LogP contribution in [0, 0.1) is 0 Å². The van der Waals surface area contributed by atoms with Gasteiger partial charge in [0.25, 0.3) is 0 Å². The number of nitrogens with one attached hydrogen (secondary N) is 2. The van der Waals surface area contributed by atoms with Gasteiger partial charge in [-0.05, 0) is 37.1 Å². The second-order valence-electron chi connectivity index (χ2n) is 5.57. The normalized spacial score (nSPS) is 16.0. The molecule has 1 aliphatic rings. The van der Waals surface area contributed by atoms with Crippen LogP contribution < -0.4 is 21.1 Å². The van der Waals surface area contributed by atoms with Crippen molar-refractivity contribution in [3.8, 4) is 5.75 Å². The number of para-hydroxylation sites is 1. The minimum atomic E-state index is 0.563. The Bertz CT molecular complexity index is 642. The van der Waals surface area contributed by atoms with Crippen molar-refractivity contribution >= 4 is 17.1 Å². The summed E-state index contributed by atoms with van der Waals surface area (Å²) in [5.41, 5.74) is 10.3. The molecule has 4 nitrogen and oxygen atoms in total. The lowest BCUT2D eigenvalue weighted by molar-refractivity contribution is 0.342. The monoisotopic (exact) mass is 297 g/mol. The third-order valence-electron chi connectivity index (χ3n) is 4.05. The van der Waals surface area contributed by atoms with E-state index in [1.54, 1.807) is 0 Å². The molecule has 0 aromatic heterocycles. The van der Waals surface area contributed by atoms with Crippen molar-refractivity contribution in [3.05, 3.63) is 48.0 Å². The maximum absolute atomic E-state index is 5.82. The Kier molecular flexibility index (Phi) is 4.37. The van der Waals surface area contributed by atoms with Crippen LogP contribution >= 0.6 is 0 Å². The molecule has 0 fully saturated rings. The van der Waals surface area contributed by atoms with Crippen molar-refractivity contribution in [2.75, 3.05) is 36.1 Å². The quantitative estimate of drug-likeness (QED) is 0.712. The van der Waals surface area contributed by atoms with Crippen LogP contribution in [-0.4, -0.2) is 19.7 Å². The molecule has 4 heteroatoms. The fourth-order valence-electron chi connectivity index (χ4n) is 2.96. The number of hydrogen-bond donors (Lipinski definition) is 3. The Morgan fingerprint density at radius 3 is 3.00 bits per heavy atom. The smallest absolute Gasteiger partial charge is 0.144 e. The van der Waals surface area contributed by atoms with E-state index >= 15 is 0 Å². The molecular weight excluding hydrogens is 274 g/mol. The van der Waals surface area contributed by atoms with Crippen molar-refractivity contribution in [1.82, 2.24) is 0 Å². The maximum atomic E-state index is 5.82. The minimum Gasteiger partial charge on any atom is -0.492 e. The lowest BCUT2D eigenvalue weighted by Gasteiger charge is -2.15. The highest BCUT2D eigenvalue weighted by Crippen LogP contribution is 2.33. The Hall–Kier alpha value is -2.36. The van der Waals surface area contributed by atoms with Crippen LogP contribution in [0.2, 0.25) is 0 Å². The van der Waals surface area contributed by atoms with Crippen LogP contribution in [-0.2, 0) is 0 Å². The van der Waals surface area contributed by atoms with Gasteiger partial charge in [0.1, 0.15) is 5.75 Å². The molecule has 1 unspecified atom stereocenters. The first-order valence-electron chi connectivity index (χ1n) is 7.87. The molecule has 4 N–H and O–H groups in total. The van der Waals surface area contributed by atoms with E-state index in [2.05, 4.69) is 34.9 Å². The minimum absolute atomic E-state index is 0.563. The summed E-state index contributed by atoms with van der Waals surface area (Å²) in [7, 11) is 0. The number of benzene rings is 2. The molecule has 0 bridgehead atoms. The summed E-state index contributed by atoms with van der Waals surface area (Å²) in [6.07, 6.45) is 1.08. The van der Waals surface area contributed by atoms with Gasteiger partial charge in [0, 0.05) is 36.4 Å². The Morgan fingerprint density at radius 1 is 1.27 bits per heavy atom. The van der Waals surface area contributed by atoms with Crippen LogP contribution in [0.3, 0.4) is 0 Å². The third kappa shape index (κ3) is 3.11. The van der Waals surface area contributed by atoms with E-state index in [-0.39, 0.29) is 0 Å². The third-order valence-corrected chi connectivity index (χ3v) is 4.05. The van der Waals surface area contributed by atoms with Gasteiger partial charge in [-0.3, -0.25) is 0 Å². The zero-order valence-corrected chi connectivity index (χ0v) is 12.9. The van der Waals surface area contributed by atoms with E-state index in [1.165, 1.54) is 11.3 Å². The average molecular weight is 297 g/mol. The molecular formula is C18H23N3O. The molecule has 1 heterocycles. The van der Waals surface area contributed by atoms with Gasteiger partial charge in [0.15, 0.2) is 0 Å². The van der Waals surface area contributed by atoms with E-state index in [0.29, 0.717) is 12.5 Å². The molecule has 2 aromatic rings. The molecule has 0 amide bonds. The van der Waals surface area contributed by atoms with Gasteiger partial charge in [0.2, 0.25) is 0 Å². The molecule has 2 aromatic carbocycles. The molecule has 0 aliphatic carbocycles. The van der Waals surface area contributed by atoms with Crippen LogP contribution in [0.25, 0.3) is 0 Å². The molecule has 1 aliphatic heterocycles. The fraction of sp³-hybridized carbons (Fsp3) is 0.333. The van der Waals surface area contributed by atoms with Gasteiger partial charge in [-0.2, -0.15) is 0 Å². The van der Waals surface area contributed by atoms with E-state index in [1.807, 2.05) is 25.1 Å². The summed E-state index contributed by atoms with van der Waals surface area (Å²) in [4.78, 5) is 0. The second kappa shape index (κ2) is 6.60. The molecule has 116 valence electrons. The zero-order valence-electron chi connectivity index (χ0n) is 12.9. The van der Waals surface area contributed by atoms with Crippen LogP contribution in [0.4, 0.5) is 17.1 Å². The molecule has 0 spiro atoms. The summed E-state index contributed by atoms with van der Waals surface area (Å²) < 4.78 is 5.64. The molecule has 3 rings (SSSR count). The Balaban J connectivity index is 1.60. The van der Waals surface area contributed by atoms with Crippen molar-refractivity contribution in [2.24, 2.45) is 0 Å². The van der Waals surface area contributed by atoms with Gasteiger partial charge in [-0.15, -0.1) is 0 Å². The Labute approximate surface area is 131 Å². The van der Waals surface area contributed by atoms with E-state index < -0.39 is 0 Å². The lowest BCUT2D eigenvalue weighted by Crippen LogP contribution is -2.10. The van der Waals surface area contributed by atoms with E-state index in [0.717, 1.165) is 36.6 Å². The SMILES string of the molecule is CCOc1cc(N)ccc1NCCC1CNc2ccccc21. The molecule has 0 saturated carbocycles. The van der Waals surface area contributed by atoms with Crippen molar-refractivity contribution in [3.63, 3.8) is 0 Å². The number of ether oxygens (including phenoxy) is 1. The number of nitrogens with two attached hydrogens (primary N) is 1. The van der Waals surface area contributed by atoms with Crippen LogP contribution in [0.5, 0.6) is 5.75 Å². The number of hydrogen-bond acceptors (Lipinski definition) is 4. The first-order valence-corrected chi connectivity index (χ1v) is 7.87. The zero-order chi connectivity index (χ0) is 15.4. The predicted octanol–water partition coefficient (Wildman–Crippen LogP) is 3.68. The largest absolute Gasteiger partial charge is 0.492 e. The highest BCUT2D eigenvalue weighted by atomic mass is 16.5.